The molecule has 2 heterocycles. The second-order valence-electron chi connectivity index (χ2n) is 6.03. The molecule has 0 bridgehead atoms. The molecular formula is C20H21N5OS. The van der Waals surface area contributed by atoms with Crippen LogP contribution in [0.5, 0.6) is 0 Å². The Bertz CT molecular complexity index is 952. The van der Waals surface area contributed by atoms with Gasteiger partial charge in [-0.1, -0.05) is 41.6 Å². The molecular weight excluding hydrogens is 358 g/mol. The minimum atomic E-state index is -0.0746. The third-order valence-corrected chi connectivity index (χ3v) is 4.83. The molecule has 0 saturated heterocycles. The fourth-order valence-corrected chi connectivity index (χ4v) is 3.44. The number of nitrogens with one attached hydrogen (secondary N) is 1. The van der Waals surface area contributed by atoms with Crippen LogP contribution in [0.15, 0.2) is 60.4 Å². The molecule has 27 heavy (non-hydrogen) atoms. The van der Waals surface area contributed by atoms with E-state index in [1.54, 1.807) is 12.3 Å². The van der Waals surface area contributed by atoms with Gasteiger partial charge < -0.3 is 5.32 Å². The van der Waals surface area contributed by atoms with Gasteiger partial charge in [-0.05, 0) is 37.6 Å². The van der Waals surface area contributed by atoms with Gasteiger partial charge in [0, 0.05) is 12.7 Å². The fraction of sp³-hybridized carbons (Fsp3) is 0.200. The van der Waals surface area contributed by atoms with E-state index in [4.69, 9.17) is 0 Å². The van der Waals surface area contributed by atoms with Crippen molar-refractivity contribution in [1.29, 1.82) is 0 Å². The molecule has 0 aliphatic carbocycles. The van der Waals surface area contributed by atoms with E-state index in [0.717, 1.165) is 16.9 Å². The van der Waals surface area contributed by atoms with E-state index in [9.17, 15) is 4.79 Å². The first-order valence-electron chi connectivity index (χ1n) is 8.55. The molecule has 0 unspecified atom stereocenters. The maximum Gasteiger partial charge on any atom is 0.230 e. The van der Waals surface area contributed by atoms with Crippen molar-refractivity contribution in [2.45, 2.75) is 19.0 Å². The molecule has 6 nitrogen and oxygen atoms in total. The number of hydrogen-bond donors (Lipinski definition) is 1. The number of aromatic nitrogens is 4. The molecule has 0 saturated carbocycles. The van der Waals surface area contributed by atoms with Crippen LogP contribution in [0.3, 0.4) is 0 Å². The molecule has 0 fully saturated rings. The number of benzene rings is 1. The normalized spacial score (nSPS) is 10.6. The molecule has 0 atom stereocenters. The Hall–Kier alpha value is -2.93. The smallest absolute Gasteiger partial charge is 0.230 e. The number of nitrogens with zero attached hydrogens (tertiary/aromatic N) is 4. The Labute approximate surface area is 162 Å². The van der Waals surface area contributed by atoms with E-state index in [2.05, 4.69) is 53.1 Å². The molecule has 7 heteroatoms. The number of thioether (sulfide) groups is 1. The summed E-state index contributed by atoms with van der Waals surface area (Å²) >= 11 is 1.34. The summed E-state index contributed by atoms with van der Waals surface area (Å²) in [5, 5.41) is 12.1. The van der Waals surface area contributed by atoms with Crippen molar-refractivity contribution in [1.82, 2.24) is 25.1 Å². The first-order chi connectivity index (χ1) is 13.1. The second kappa shape index (κ2) is 8.64. The van der Waals surface area contributed by atoms with Crippen LogP contribution in [-0.4, -0.2) is 38.0 Å². The topological polar surface area (TPSA) is 72.7 Å². The van der Waals surface area contributed by atoms with E-state index in [0.29, 0.717) is 17.5 Å². The molecule has 1 N–H and O–H groups in total. The van der Waals surface area contributed by atoms with Crippen molar-refractivity contribution in [2.75, 3.05) is 12.3 Å². The van der Waals surface area contributed by atoms with Crippen molar-refractivity contribution >= 4 is 17.7 Å². The summed E-state index contributed by atoms with van der Waals surface area (Å²) in [6.45, 7) is 8.16. The van der Waals surface area contributed by atoms with Crippen molar-refractivity contribution < 1.29 is 4.79 Å². The summed E-state index contributed by atoms with van der Waals surface area (Å²) in [6.07, 6.45) is 3.38. The Morgan fingerprint density at radius 1 is 1.26 bits per heavy atom. The lowest BCUT2D eigenvalue weighted by Gasteiger charge is -2.13. The molecule has 0 spiro atoms. The second-order valence-corrected chi connectivity index (χ2v) is 6.97. The van der Waals surface area contributed by atoms with Gasteiger partial charge in [0.05, 0.1) is 11.4 Å². The summed E-state index contributed by atoms with van der Waals surface area (Å²) in [6, 6.07) is 11.9. The van der Waals surface area contributed by atoms with Gasteiger partial charge in [0.15, 0.2) is 11.0 Å². The van der Waals surface area contributed by atoms with Gasteiger partial charge in [-0.3, -0.25) is 14.3 Å². The largest absolute Gasteiger partial charge is 0.352 e. The first kappa shape index (κ1) is 18.8. The SMILES string of the molecule is C=CCNC(=O)CSc1nnc(-c2ccccn2)n1-c1ccc(C)cc1C. The molecule has 1 aromatic carbocycles. The van der Waals surface area contributed by atoms with Crippen LogP contribution < -0.4 is 5.32 Å². The highest BCUT2D eigenvalue weighted by Crippen LogP contribution is 2.28. The summed E-state index contributed by atoms with van der Waals surface area (Å²) in [5.74, 6) is 0.824. The summed E-state index contributed by atoms with van der Waals surface area (Å²) in [7, 11) is 0. The molecule has 138 valence electrons. The quantitative estimate of drug-likeness (QED) is 0.503. The summed E-state index contributed by atoms with van der Waals surface area (Å²) in [4.78, 5) is 16.4. The molecule has 3 rings (SSSR count). The van der Waals surface area contributed by atoms with Gasteiger partial charge in [0.2, 0.25) is 5.91 Å². The highest BCUT2D eigenvalue weighted by Gasteiger charge is 2.19. The van der Waals surface area contributed by atoms with Gasteiger partial charge in [-0.15, -0.1) is 16.8 Å². The van der Waals surface area contributed by atoms with Crippen LogP contribution in [0, 0.1) is 13.8 Å². The molecule has 0 radical (unpaired) electrons. The third kappa shape index (κ3) is 4.43. The van der Waals surface area contributed by atoms with E-state index < -0.39 is 0 Å². The highest BCUT2D eigenvalue weighted by molar-refractivity contribution is 7.99. The van der Waals surface area contributed by atoms with Crippen molar-refractivity contribution in [3.63, 3.8) is 0 Å². The van der Waals surface area contributed by atoms with Crippen LogP contribution >= 0.6 is 11.8 Å². The maximum atomic E-state index is 12.0. The van der Waals surface area contributed by atoms with Crippen LogP contribution in [0.1, 0.15) is 11.1 Å². The standard InChI is InChI=1S/C20H21N5OS/c1-4-10-22-18(26)13-27-20-24-23-19(16-7-5-6-11-21-16)25(20)17-9-8-14(2)12-15(17)3/h4-9,11-12H,1,10,13H2,2-3H3,(H,22,26). The molecule has 3 aromatic rings. The lowest BCUT2D eigenvalue weighted by Crippen LogP contribution is -2.25. The average molecular weight is 379 g/mol. The molecule has 0 aliphatic rings. The number of carbonyl (C=O) groups excluding carboxylic acids is 1. The Kier molecular flexibility index (Phi) is 6.03. The van der Waals surface area contributed by atoms with Crippen molar-refractivity contribution in [3.05, 3.63) is 66.4 Å². The minimum Gasteiger partial charge on any atom is -0.352 e. The lowest BCUT2D eigenvalue weighted by molar-refractivity contribution is -0.118. The zero-order valence-electron chi connectivity index (χ0n) is 15.3. The highest BCUT2D eigenvalue weighted by atomic mass is 32.2. The zero-order valence-corrected chi connectivity index (χ0v) is 16.2. The number of aryl methyl sites for hydroxylation is 2. The van der Waals surface area contributed by atoms with Crippen molar-refractivity contribution in [2.24, 2.45) is 0 Å². The molecule has 2 aromatic heterocycles. The van der Waals surface area contributed by atoms with Gasteiger partial charge in [0.25, 0.3) is 0 Å². The average Bonchev–Trinajstić information content (AvgIpc) is 3.09. The van der Waals surface area contributed by atoms with Crippen molar-refractivity contribution in [3.8, 4) is 17.2 Å². The Morgan fingerprint density at radius 3 is 2.81 bits per heavy atom. The van der Waals surface area contributed by atoms with E-state index in [1.807, 2.05) is 28.8 Å². The first-order valence-corrected chi connectivity index (χ1v) is 9.53. The van der Waals surface area contributed by atoms with Gasteiger partial charge in [-0.25, -0.2) is 0 Å². The Balaban J connectivity index is 2.00. The monoisotopic (exact) mass is 379 g/mol. The summed E-state index contributed by atoms with van der Waals surface area (Å²) < 4.78 is 1.96. The van der Waals surface area contributed by atoms with Gasteiger partial charge >= 0.3 is 0 Å². The molecule has 1 amide bonds. The van der Waals surface area contributed by atoms with E-state index >= 15 is 0 Å². The minimum absolute atomic E-state index is 0.0746. The fourth-order valence-electron chi connectivity index (χ4n) is 2.66. The maximum absolute atomic E-state index is 12.0. The predicted molar refractivity (Wildman–Crippen MR) is 108 cm³/mol. The zero-order chi connectivity index (χ0) is 19.2. The van der Waals surface area contributed by atoms with Crippen LogP contribution in [-0.2, 0) is 4.79 Å². The Morgan fingerprint density at radius 2 is 2.11 bits per heavy atom. The van der Waals surface area contributed by atoms with Gasteiger partial charge in [-0.2, -0.15) is 0 Å². The van der Waals surface area contributed by atoms with Crippen LogP contribution in [0.2, 0.25) is 0 Å². The third-order valence-electron chi connectivity index (χ3n) is 3.90. The van der Waals surface area contributed by atoms with Crippen LogP contribution in [0.4, 0.5) is 0 Å². The summed E-state index contributed by atoms with van der Waals surface area (Å²) in [5.41, 5.74) is 3.99. The van der Waals surface area contributed by atoms with E-state index in [-0.39, 0.29) is 11.7 Å². The lowest BCUT2D eigenvalue weighted by atomic mass is 10.1. The number of hydrogen-bond acceptors (Lipinski definition) is 5. The number of carbonyl (C=O) groups is 1. The van der Waals surface area contributed by atoms with E-state index in [1.165, 1.54) is 17.3 Å². The number of pyridine rings is 1. The number of amides is 1. The predicted octanol–water partition coefficient (Wildman–Crippen LogP) is 3.34. The number of rotatable bonds is 7. The van der Waals surface area contributed by atoms with Gasteiger partial charge in [0.1, 0.15) is 5.69 Å². The van der Waals surface area contributed by atoms with Crippen LogP contribution in [0.25, 0.3) is 17.2 Å². The molecule has 0 aliphatic heterocycles.